The lowest BCUT2D eigenvalue weighted by atomic mass is 10.1. The lowest BCUT2D eigenvalue weighted by molar-refractivity contribution is 0.626. The van der Waals surface area contributed by atoms with Gasteiger partial charge in [0.1, 0.15) is 0 Å². The molecule has 1 fully saturated rings. The maximum Gasteiger partial charge on any atom is -0.0294 e. The monoisotopic (exact) mass is 96.1 g/mol. The van der Waals surface area contributed by atoms with Crippen molar-refractivity contribution in [2.45, 2.75) is 19.8 Å². The van der Waals surface area contributed by atoms with Crippen LogP contribution in [0.3, 0.4) is 0 Å². The smallest absolute Gasteiger partial charge is 0.0294 e. The molecule has 0 bridgehead atoms. The molecular formula is C7H12. The zero-order valence-corrected chi connectivity index (χ0v) is 4.91. The largest absolute Gasteiger partial charge is 0.0594 e. The van der Waals surface area contributed by atoms with E-state index >= 15 is 0 Å². The Labute approximate surface area is 45.9 Å². The minimum Gasteiger partial charge on any atom is -0.0594 e. The van der Waals surface area contributed by atoms with E-state index in [1.807, 2.05) is 0 Å². The van der Waals surface area contributed by atoms with Gasteiger partial charge in [0, 0.05) is 0 Å². The first kappa shape index (κ1) is 5.14. The molecule has 0 heteroatoms. The maximum absolute atomic E-state index is 3.99. The summed E-state index contributed by atoms with van der Waals surface area (Å²) in [7, 11) is 0. The fourth-order valence-electron chi connectivity index (χ4n) is 0.954. The molecular weight excluding hydrogens is 84.1 g/mol. The van der Waals surface area contributed by atoms with Crippen molar-refractivity contribution < 1.29 is 0 Å². The second-order valence-electron chi connectivity index (χ2n) is 2.84. The van der Waals surface area contributed by atoms with Crippen LogP contribution < -0.4 is 0 Å². The summed E-state index contributed by atoms with van der Waals surface area (Å²) < 4.78 is 0. The lowest BCUT2D eigenvalue weighted by Crippen LogP contribution is -1.87. The van der Waals surface area contributed by atoms with Gasteiger partial charge in [0.25, 0.3) is 0 Å². The highest BCUT2D eigenvalue weighted by atomic mass is 14.5. The number of hydrogen-bond donors (Lipinski definition) is 0. The van der Waals surface area contributed by atoms with Crippen molar-refractivity contribution in [3.8, 4) is 0 Å². The van der Waals surface area contributed by atoms with Crippen molar-refractivity contribution in [1.82, 2.24) is 0 Å². The summed E-state index contributed by atoms with van der Waals surface area (Å²) in [5.41, 5.74) is 0.405. The Morgan fingerprint density at radius 3 is 2.29 bits per heavy atom. The average molecular weight is 96.2 g/mol. The van der Waals surface area contributed by atoms with Gasteiger partial charge in [-0.25, -0.2) is 0 Å². The van der Waals surface area contributed by atoms with Gasteiger partial charge < -0.3 is 0 Å². The third-order valence-electron chi connectivity index (χ3n) is 1.89. The summed E-state index contributed by atoms with van der Waals surface area (Å²) in [6.07, 6.45) is 2.36. The molecule has 0 nitrogen and oxygen atoms in total. The first-order valence-corrected chi connectivity index (χ1v) is 2.81. The van der Waals surface area contributed by atoms with Crippen molar-refractivity contribution in [2.24, 2.45) is 11.3 Å². The first-order valence-electron chi connectivity index (χ1n) is 2.81. The second-order valence-corrected chi connectivity index (χ2v) is 2.84. The van der Waals surface area contributed by atoms with Crippen LogP contribution >= 0.6 is 0 Å². The van der Waals surface area contributed by atoms with Gasteiger partial charge in [-0.2, -0.15) is 0 Å². The minimum absolute atomic E-state index is 0.405. The molecule has 0 aromatic heterocycles. The summed E-state index contributed by atoms with van der Waals surface area (Å²) in [6, 6.07) is 0. The van der Waals surface area contributed by atoms with Gasteiger partial charge in [-0.15, -0.1) is 0 Å². The SMILES string of the molecule is [CH2]CC1CC1([CH2])C. The topological polar surface area (TPSA) is 0 Å². The van der Waals surface area contributed by atoms with Crippen molar-refractivity contribution in [3.05, 3.63) is 13.8 Å². The highest BCUT2D eigenvalue weighted by Crippen LogP contribution is 2.52. The molecule has 0 saturated heterocycles. The van der Waals surface area contributed by atoms with E-state index in [1.165, 1.54) is 6.42 Å². The van der Waals surface area contributed by atoms with E-state index in [9.17, 15) is 0 Å². The van der Waals surface area contributed by atoms with Crippen molar-refractivity contribution >= 4 is 0 Å². The van der Waals surface area contributed by atoms with Crippen molar-refractivity contribution in [1.29, 1.82) is 0 Å². The Morgan fingerprint density at radius 2 is 2.29 bits per heavy atom. The van der Waals surface area contributed by atoms with Crippen LogP contribution in [0.25, 0.3) is 0 Å². The highest BCUT2D eigenvalue weighted by Gasteiger charge is 2.43. The Balaban J connectivity index is 2.30. The summed E-state index contributed by atoms with van der Waals surface area (Å²) in [5, 5.41) is 0. The number of rotatable bonds is 1. The Hall–Kier alpha value is 0. The molecule has 0 aromatic rings. The van der Waals surface area contributed by atoms with Gasteiger partial charge in [-0.1, -0.05) is 13.8 Å². The van der Waals surface area contributed by atoms with Crippen molar-refractivity contribution in [2.75, 3.05) is 0 Å². The van der Waals surface area contributed by atoms with E-state index in [-0.39, 0.29) is 0 Å². The van der Waals surface area contributed by atoms with E-state index in [1.54, 1.807) is 0 Å². The van der Waals surface area contributed by atoms with Crippen LogP contribution in [0.15, 0.2) is 0 Å². The summed E-state index contributed by atoms with van der Waals surface area (Å²) in [6.45, 7) is 9.99. The molecule has 0 heterocycles. The van der Waals surface area contributed by atoms with Crippen LogP contribution in [-0.4, -0.2) is 0 Å². The molecule has 1 aliphatic rings. The van der Waals surface area contributed by atoms with Crippen LogP contribution in [0.2, 0.25) is 0 Å². The predicted molar refractivity (Wildman–Crippen MR) is 31.5 cm³/mol. The van der Waals surface area contributed by atoms with Gasteiger partial charge in [0.15, 0.2) is 0 Å². The van der Waals surface area contributed by atoms with E-state index in [0.717, 1.165) is 12.3 Å². The van der Waals surface area contributed by atoms with Gasteiger partial charge in [-0.05, 0) is 31.1 Å². The molecule has 0 aliphatic heterocycles. The van der Waals surface area contributed by atoms with Crippen LogP contribution in [0.4, 0.5) is 0 Å². The molecule has 7 heavy (non-hydrogen) atoms. The third kappa shape index (κ3) is 0.793. The molecule has 2 radical (unpaired) electrons. The fraction of sp³-hybridized carbons (Fsp3) is 0.714. The summed E-state index contributed by atoms with van der Waals surface area (Å²) >= 11 is 0. The van der Waals surface area contributed by atoms with E-state index < -0.39 is 0 Å². The molecule has 1 rings (SSSR count). The van der Waals surface area contributed by atoms with Gasteiger partial charge >= 0.3 is 0 Å². The average Bonchev–Trinajstić information content (AvgIpc) is 2.13. The molecule has 0 aromatic carbocycles. The zero-order chi connectivity index (χ0) is 5.49. The standard InChI is InChI=1S/C7H12/c1-4-6-5-7(6,2)3/h6H,1-2,4-5H2,3H3. The second kappa shape index (κ2) is 1.24. The molecule has 2 unspecified atom stereocenters. The first-order chi connectivity index (χ1) is 3.17. The normalized spacial score (nSPS) is 35.6. The third-order valence-corrected chi connectivity index (χ3v) is 1.89. The summed E-state index contributed by atoms with van der Waals surface area (Å²) in [4.78, 5) is 0. The molecule has 0 spiro atoms. The Kier molecular flexibility index (Phi) is 0.911. The molecule has 40 valence electrons. The molecule has 0 N–H and O–H groups in total. The van der Waals surface area contributed by atoms with E-state index in [2.05, 4.69) is 20.8 Å². The molecule has 2 atom stereocenters. The molecule has 1 saturated carbocycles. The lowest BCUT2D eigenvalue weighted by Gasteiger charge is -1.95. The Bertz CT molecular complexity index is 72.1. The van der Waals surface area contributed by atoms with Crippen LogP contribution in [-0.2, 0) is 0 Å². The van der Waals surface area contributed by atoms with Crippen molar-refractivity contribution in [3.63, 3.8) is 0 Å². The van der Waals surface area contributed by atoms with Gasteiger partial charge in [-0.3, -0.25) is 0 Å². The zero-order valence-electron chi connectivity index (χ0n) is 4.91. The van der Waals surface area contributed by atoms with Gasteiger partial charge in [0.05, 0.1) is 0 Å². The van der Waals surface area contributed by atoms with E-state index in [4.69, 9.17) is 0 Å². The maximum atomic E-state index is 3.99. The Morgan fingerprint density at radius 1 is 1.86 bits per heavy atom. The van der Waals surface area contributed by atoms with Crippen LogP contribution in [0, 0.1) is 25.2 Å². The number of hydrogen-bond acceptors (Lipinski definition) is 0. The predicted octanol–water partition coefficient (Wildman–Crippen LogP) is 2.07. The quantitative estimate of drug-likeness (QED) is 0.468. The minimum atomic E-state index is 0.405. The van der Waals surface area contributed by atoms with E-state index in [0.29, 0.717) is 5.41 Å². The van der Waals surface area contributed by atoms with Gasteiger partial charge in [0.2, 0.25) is 0 Å². The van der Waals surface area contributed by atoms with Crippen LogP contribution in [0.5, 0.6) is 0 Å². The summed E-state index contributed by atoms with van der Waals surface area (Å²) in [5.74, 6) is 0.826. The molecule has 1 aliphatic carbocycles. The van der Waals surface area contributed by atoms with Crippen LogP contribution in [0.1, 0.15) is 19.8 Å². The highest BCUT2D eigenvalue weighted by molar-refractivity contribution is 5.00. The molecule has 0 amide bonds. The fourth-order valence-corrected chi connectivity index (χ4v) is 0.954.